The maximum Gasteiger partial charge on any atom is 0.0455 e. The van der Waals surface area contributed by atoms with Gasteiger partial charge in [0.2, 0.25) is 0 Å². The van der Waals surface area contributed by atoms with Gasteiger partial charge < -0.3 is 14.9 Å². The second kappa shape index (κ2) is 14.0. The fourth-order valence-electron chi connectivity index (χ4n) is 5.51. The molecule has 0 unspecified atom stereocenters. The van der Waals surface area contributed by atoms with E-state index in [1.807, 2.05) is 22.7 Å². The number of nitrogens with zero attached hydrogens (tertiary/aromatic N) is 4. The van der Waals surface area contributed by atoms with Crippen molar-refractivity contribution in [1.29, 1.82) is 0 Å². The summed E-state index contributed by atoms with van der Waals surface area (Å²) < 4.78 is 2.77. The van der Waals surface area contributed by atoms with Crippen molar-refractivity contribution in [3.8, 4) is 0 Å². The molecule has 204 valence electrons. The molecule has 2 saturated heterocycles. The van der Waals surface area contributed by atoms with Crippen LogP contribution in [0, 0.1) is 0 Å². The monoisotopic (exact) mass is 570 g/mol. The topological polar surface area (TPSA) is 33.2 Å². The first-order chi connectivity index (χ1) is 18.8. The van der Waals surface area contributed by atoms with Crippen LogP contribution in [0.3, 0.4) is 0 Å². The van der Waals surface area contributed by atoms with Gasteiger partial charge >= 0.3 is 0 Å². The Morgan fingerprint density at radius 2 is 1.11 bits per heavy atom. The molecule has 0 saturated carbocycles. The summed E-state index contributed by atoms with van der Waals surface area (Å²) in [4.78, 5) is 9.98. The number of fused-ring (bicyclic) bond motifs is 2. The Balaban J connectivity index is 0.000000155. The number of benzene rings is 2. The van der Waals surface area contributed by atoms with Crippen LogP contribution < -0.4 is 9.80 Å². The van der Waals surface area contributed by atoms with Gasteiger partial charge in [-0.05, 0) is 66.5 Å². The number of alkyl halides is 1. The molecule has 5 nitrogen and oxygen atoms in total. The standard InChI is InChI=1S/C15H19ClN2S.C15H20N2OS/c16-6-2-7-17-8-10-18(11-9-17)14-3-1-4-15-13(14)5-12-19-15;18-11-2-6-16-7-9-17(10-8-16)14-3-1-4-15-13(14)5-12-19-15/h1,3-5,12H,2,6-11H2;1,3-5,12,18H,2,6-11H2. The number of piperazine rings is 2. The molecule has 2 fully saturated rings. The third kappa shape index (κ3) is 6.82. The molecule has 2 aromatic heterocycles. The van der Waals surface area contributed by atoms with E-state index >= 15 is 0 Å². The normalized spacial score (nSPS) is 17.2. The highest BCUT2D eigenvalue weighted by molar-refractivity contribution is 7.17. The van der Waals surface area contributed by atoms with Gasteiger partial charge in [-0.1, -0.05) is 12.1 Å². The minimum absolute atomic E-state index is 0.300. The molecule has 0 amide bonds. The van der Waals surface area contributed by atoms with Gasteiger partial charge in [0.25, 0.3) is 0 Å². The smallest absolute Gasteiger partial charge is 0.0455 e. The summed E-state index contributed by atoms with van der Waals surface area (Å²) in [6.45, 7) is 11.4. The molecule has 8 heteroatoms. The van der Waals surface area contributed by atoms with Crippen molar-refractivity contribution in [1.82, 2.24) is 9.80 Å². The van der Waals surface area contributed by atoms with E-state index in [2.05, 4.69) is 78.9 Å². The van der Waals surface area contributed by atoms with Crippen LogP contribution in [0.2, 0.25) is 0 Å². The van der Waals surface area contributed by atoms with E-state index in [1.54, 1.807) is 0 Å². The van der Waals surface area contributed by atoms with Crippen molar-refractivity contribution >= 4 is 65.8 Å². The fraction of sp³-hybridized carbons (Fsp3) is 0.467. The number of anilines is 2. The molecule has 2 aliphatic heterocycles. The van der Waals surface area contributed by atoms with Crippen molar-refractivity contribution in [3.05, 3.63) is 59.3 Å². The van der Waals surface area contributed by atoms with Crippen LogP contribution in [0.15, 0.2) is 59.3 Å². The number of thiophene rings is 2. The van der Waals surface area contributed by atoms with Crippen molar-refractivity contribution < 1.29 is 5.11 Å². The van der Waals surface area contributed by atoms with Crippen LogP contribution in [-0.4, -0.2) is 92.8 Å². The van der Waals surface area contributed by atoms with Crippen LogP contribution in [0.5, 0.6) is 0 Å². The zero-order chi connectivity index (χ0) is 26.2. The molecule has 2 aromatic carbocycles. The van der Waals surface area contributed by atoms with E-state index in [4.69, 9.17) is 16.7 Å². The molecule has 0 atom stereocenters. The molecule has 0 bridgehead atoms. The zero-order valence-corrected chi connectivity index (χ0v) is 24.5. The third-order valence-corrected chi connectivity index (χ3v) is 9.64. The minimum Gasteiger partial charge on any atom is -0.396 e. The molecular formula is C30H39ClN4OS2. The molecule has 0 radical (unpaired) electrons. The lowest BCUT2D eigenvalue weighted by Gasteiger charge is -2.36. The highest BCUT2D eigenvalue weighted by Gasteiger charge is 2.19. The summed E-state index contributed by atoms with van der Waals surface area (Å²) in [6, 6.07) is 17.7. The van der Waals surface area contributed by atoms with Gasteiger partial charge in [0, 0.05) is 103 Å². The van der Waals surface area contributed by atoms with Crippen LogP contribution in [0.25, 0.3) is 20.2 Å². The Morgan fingerprint density at radius 3 is 1.55 bits per heavy atom. The van der Waals surface area contributed by atoms with E-state index < -0.39 is 0 Å². The van der Waals surface area contributed by atoms with E-state index in [-0.39, 0.29) is 0 Å². The van der Waals surface area contributed by atoms with E-state index in [1.165, 1.54) is 31.5 Å². The number of halogens is 1. The first-order valence-corrected chi connectivity index (χ1v) is 16.1. The Hall–Kier alpha value is -1.87. The SMILES string of the molecule is ClCCCN1CCN(c2cccc3sccc23)CC1.OCCCN1CCN(c2cccc3sccc23)CC1. The Labute approximate surface area is 239 Å². The molecular weight excluding hydrogens is 532 g/mol. The minimum atomic E-state index is 0.300. The van der Waals surface area contributed by atoms with E-state index in [0.717, 1.165) is 84.2 Å². The highest BCUT2D eigenvalue weighted by Crippen LogP contribution is 2.32. The van der Waals surface area contributed by atoms with Gasteiger partial charge in [0.15, 0.2) is 0 Å². The van der Waals surface area contributed by atoms with Gasteiger partial charge in [0.05, 0.1) is 0 Å². The first kappa shape index (κ1) is 27.7. The first-order valence-electron chi connectivity index (χ1n) is 13.8. The van der Waals surface area contributed by atoms with Gasteiger partial charge in [-0.2, -0.15) is 0 Å². The molecule has 4 aromatic rings. The lowest BCUT2D eigenvalue weighted by atomic mass is 10.2. The summed E-state index contributed by atoms with van der Waals surface area (Å²) in [5, 5.41) is 16.0. The van der Waals surface area contributed by atoms with Crippen LogP contribution >= 0.6 is 34.3 Å². The second-order valence-electron chi connectivity index (χ2n) is 10.00. The zero-order valence-electron chi connectivity index (χ0n) is 22.1. The summed E-state index contributed by atoms with van der Waals surface area (Å²) in [6.07, 6.45) is 1.99. The Kier molecular flexibility index (Phi) is 10.2. The molecule has 6 rings (SSSR count). The molecule has 1 N–H and O–H groups in total. The van der Waals surface area contributed by atoms with Crippen molar-refractivity contribution in [2.24, 2.45) is 0 Å². The van der Waals surface area contributed by atoms with Crippen molar-refractivity contribution in [2.75, 3.05) is 87.7 Å². The van der Waals surface area contributed by atoms with Gasteiger partial charge in [-0.25, -0.2) is 0 Å². The number of hydrogen-bond donors (Lipinski definition) is 1. The highest BCUT2D eigenvalue weighted by atomic mass is 35.5. The largest absolute Gasteiger partial charge is 0.396 e. The van der Waals surface area contributed by atoms with Gasteiger partial charge in [-0.3, -0.25) is 9.80 Å². The summed E-state index contributed by atoms with van der Waals surface area (Å²) in [5.74, 6) is 0.772. The number of hydrogen-bond acceptors (Lipinski definition) is 7. The number of rotatable bonds is 8. The van der Waals surface area contributed by atoms with E-state index in [9.17, 15) is 0 Å². The Bertz CT molecular complexity index is 1160. The number of aliphatic hydroxyl groups excluding tert-OH is 1. The predicted octanol–water partition coefficient (Wildman–Crippen LogP) is 6.06. The quantitative estimate of drug-likeness (QED) is 0.260. The second-order valence-corrected chi connectivity index (χ2v) is 12.3. The third-order valence-electron chi connectivity index (χ3n) is 7.61. The molecule has 0 spiro atoms. The van der Waals surface area contributed by atoms with Crippen LogP contribution in [0.4, 0.5) is 11.4 Å². The molecule has 2 aliphatic rings. The fourth-order valence-corrected chi connectivity index (χ4v) is 7.24. The van der Waals surface area contributed by atoms with Crippen LogP contribution in [-0.2, 0) is 0 Å². The Morgan fingerprint density at radius 1 is 0.632 bits per heavy atom. The molecule has 4 heterocycles. The summed E-state index contributed by atoms with van der Waals surface area (Å²) >= 11 is 9.40. The maximum absolute atomic E-state index is 8.89. The maximum atomic E-state index is 8.89. The summed E-state index contributed by atoms with van der Waals surface area (Å²) in [5.41, 5.74) is 2.77. The van der Waals surface area contributed by atoms with Crippen molar-refractivity contribution in [3.63, 3.8) is 0 Å². The summed E-state index contributed by atoms with van der Waals surface area (Å²) in [7, 11) is 0. The van der Waals surface area contributed by atoms with Crippen molar-refractivity contribution in [2.45, 2.75) is 12.8 Å². The number of aliphatic hydroxyl groups is 1. The van der Waals surface area contributed by atoms with Gasteiger partial charge in [0.1, 0.15) is 0 Å². The lowest BCUT2D eigenvalue weighted by Crippen LogP contribution is -2.46. The van der Waals surface area contributed by atoms with E-state index in [0.29, 0.717) is 6.61 Å². The average Bonchev–Trinajstić information content (AvgIpc) is 3.66. The molecule has 38 heavy (non-hydrogen) atoms. The van der Waals surface area contributed by atoms with Gasteiger partial charge in [-0.15, -0.1) is 34.3 Å². The average molecular weight is 571 g/mol. The molecule has 0 aliphatic carbocycles. The van der Waals surface area contributed by atoms with Crippen LogP contribution in [0.1, 0.15) is 12.8 Å². The predicted molar refractivity (Wildman–Crippen MR) is 168 cm³/mol. The lowest BCUT2D eigenvalue weighted by molar-refractivity contribution is 0.216.